The van der Waals surface area contributed by atoms with Crippen molar-refractivity contribution >= 4 is 33.8 Å². The molecule has 0 aliphatic heterocycles. The highest BCUT2D eigenvalue weighted by atomic mass is 35.5. The number of nitro groups is 1. The van der Waals surface area contributed by atoms with Crippen molar-refractivity contribution in [3.05, 3.63) is 58.6 Å². The molecule has 0 saturated carbocycles. The van der Waals surface area contributed by atoms with E-state index in [1.165, 1.54) is 31.4 Å². The van der Waals surface area contributed by atoms with Gasteiger partial charge in [-0.3, -0.25) is 14.4 Å². The first kappa shape index (κ1) is 28.6. The maximum Gasteiger partial charge on any atom is 0.271 e. The van der Waals surface area contributed by atoms with Crippen molar-refractivity contribution < 1.29 is 23.2 Å². The zero-order valence-corrected chi connectivity index (χ0v) is 20.7. The minimum atomic E-state index is -4.13. The molecule has 2 rings (SSSR count). The van der Waals surface area contributed by atoms with E-state index in [0.717, 1.165) is 36.3 Å². The standard InChI is InChI=1S/C22H31N3O6S.ClH/c1-4-13-23(14-5-2)16-19(26)17-24(32(29,30)20-9-7-6-8-10-20)21-15-18(25(27)28)11-12-22(21)31-3;/h6-12,15,19,26H,4-5,13-14,16-17H2,1-3H3;1H. The van der Waals surface area contributed by atoms with E-state index >= 15 is 0 Å². The number of rotatable bonds is 13. The Labute approximate surface area is 201 Å². The maximum absolute atomic E-state index is 13.5. The first-order chi connectivity index (χ1) is 15.2. The number of ether oxygens (including phenoxy) is 1. The van der Waals surface area contributed by atoms with Crippen LogP contribution in [0.15, 0.2) is 53.4 Å². The van der Waals surface area contributed by atoms with Crippen molar-refractivity contribution in [2.75, 3.05) is 37.6 Å². The van der Waals surface area contributed by atoms with Crippen LogP contribution in [-0.4, -0.2) is 62.7 Å². The number of non-ortho nitro benzene ring substituents is 1. The SMILES string of the molecule is CCCN(CCC)CC(O)CN(c1cc([N+](=O)[O-])ccc1OC)S(=O)(=O)c1ccccc1.Cl. The molecule has 0 spiro atoms. The fourth-order valence-corrected chi connectivity index (χ4v) is 5.03. The molecule has 184 valence electrons. The normalized spacial score (nSPS) is 12.2. The van der Waals surface area contributed by atoms with E-state index in [4.69, 9.17) is 4.74 Å². The quantitative estimate of drug-likeness (QED) is 0.329. The molecule has 11 heteroatoms. The van der Waals surface area contributed by atoms with Gasteiger partial charge in [0.15, 0.2) is 0 Å². The average molecular weight is 502 g/mol. The molecule has 0 saturated heterocycles. The van der Waals surface area contributed by atoms with Crippen LogP contribution in [0.5, 0.6) is 5.75 Å². The summed E-state index contributed by atoms with van der Waals surface area (Å²) in [5.74, 6) is 0.154. The monoisotopic (exact) mass is 501 g/mol. The Balaban J connectivity index is 0.00000544. The van der Waals surface area contributed by atoms with Gasteiger partial charge in [-0.2, -0.15) is 0 Å². The fourth-order valence-electron chi connectivity index (χ4n) is 3.51. The third-order valence-electron chi connectivity index (χ3n) is 4.90. The average Bonchev–Trinajstić information content (AvgIpc) is 2.77. The molecule has 0 aliphatic rings. The third-order valence-corrected chi connectivity index (χ3v) is 6.69. The second kappa shape index (κ2) is 13.3. The minimum Gasteiger partial charge on any atom is -0.495 e. The van der Waals surface area contributed by atoms with Gasteiger partial charge in [0, 0.05) is 18.7 Å². The molecule has 0 aliphatic carbocycles. The summed E-state index contributed by atoms with van der Waals surface area (Å²) in [6.45, 7) is 5.62. The number of anilines is 1. The van der Waals surface area contributed by atoms with Gasteiger partial charge in [-0.15, -0.1) is 12.4 Å². The van der Waals surface area contributed by atoms with Crippen LogP contribution in [0.25, 0.3) is 0 Å². The number of sulfonamides is 1. The molecular weight excluding hydrogens is 470 g/mol. The summed E-state index contributed by atoms with van der Waals surface area (Å²) in [6.07, 6.45) is 0.782. The van der Waals surface area contributed by atoms with Crippen molar-refractivity contribution in [1.29, 1.82) is 0 Å². The molecule has 2 aromatic carbocycles. The summed E-state index contributed by atoms with van der Waals surface area (Å²) < 4.78 is 33.4. The van der Waals surface area contributed by atoms with Crippen LogP contribution in [0.2, 0.25) is 0 Å². The van der Waals surface area contributed by atoms with Crippen molar-refractivity contribution in [2.24, 2.45) is 0 Å². The van der Waals surface area contributed by atoms with E-state index in [0.29, 0.717) is 0 Å². The molecule has 0 aromatic heterocycles. The Kier molecular flexibility index (Phi) is 11.6. The van der Waals surface area contributed by atoms with Crippen LogP contribution < -0.4 is 9.04 Å². The van der Waals surface area contributed by atoms with Crippen LogP contribution in [0.3, 0.4) is 0 Å². The number of hydrogen-bond acceptors (Lipinski definition) is 7. The van der Waals surface area contributed by atoms with Gasteiger partial charge >= 0.3 is 0 Å². The Morgan fingerprint density at radius 3 is 2.18 bits per heavy atom. The van der Waals surface area contributed by atoms with Crippen molar-refractivity contribution in [3.8, 4) is 5.75 Å². The number of benzene rings is 2. The second-order valence-electron chi connectivity index (χ2n) is 7.42. The van der Waals surface area contributed by atoms with E-state index in [-0.39, 0.29) is 47.5 Å². The zero-order chi connectivity index (χ0) is 23.7. The number of aliphatic hydroxyl groups excluding tert-OH is 1. The van der Waals surface area contributed by atoms with Crippen LogP contribution in [0.4, 0.5) is 11.4 Å². The lowest BCUT2D eigenvalue weighted by Gasteiger charge is -2.30. The highest BCUT2D eigenvalue weighted by Crippen LogP contribution is 2.35. The largest absolute Gasteiger partial charge is 0.495 e. The predicted octanol–water partition coefficient (Wildman–Crippen LogP) is 3.70. The van der Waals surface area contributed by atoms with Crippen LogP contribution in [0.1, 0.15) is 26.7 Å². The van der Waals surface area contributed by atoms with Gasteiger partial charge in [-0.05, 0) is 44.1 Å². The topological polar surface area (TPSA) is 113 Å². The van der Waals surface area contributed by atoms with E-state index in [1.54, 1.807) is 18.2 Å². The molecule has 1 N–H and O–H groups in total. The van der Waals surface area contributed by atoms with E-state index in [2.05, 4.69) is 4.90 Å². The maximum atomic E-state index is 13.5. The van der Waals surface area contributed by atoms with Gasteiger partial charge in [-0.1, -0.05) is 32.0 Å². The Morgan fingerprint density at radius 2 is 1.67 bits per heavy atom. The number of nitrogens with zero attached hydrogens (tertiary/aromatic N) is 3. The van der Waals surface area contributed by atoms with Gasteiger partial charge in [0.25, 0.3) is 15.7 Å². The number of halogens is 1. The number of aliphatic hydroxyl groups is 1. The van der Waals surface area contributed by atoms with Crippen LogP contribution in [-0.2, 0) is 10.0 Å². The Morgan fingerprint density at radius 1 is 1.06 bits per heavy atom. The molecule has 9 nitrogen and oxygen atoms in total. The van der Waals surface area contributed by atoms with Crippen LogP contribution in [0, 0.1) is 10.1 Å². The second-order valence-corrected chi connectivity index (χ2v) is 9.28. The molecule has 1 atom stereocenters. The van der Waals surface area contributed by atoms with Crippen molar-refractivity contribution in [2.45, 2.75) is 37.7 Å². The minimum absolute atomic E-state index is 0. The number of nitro benzene ring substituents is 1. The molecule has 2 aromatic rings. The summed E-state index contributed by atoms with van der Waals surface area (Å²) in [7, 11) is -2.77. The van der Waals surface area contributed by atoms with Gasteiger partial charge in [0.05, 0.1) is 29.6 Å². The van der Waals surface area contributed by atoms with Crippen molar-refractivity contribution in [3.63, 3.8) is 0 Å². The van der Waals surface area contributed by atoms with E-state index in [1.807, 2.05) is 13.8 Å². The number of hydrogen-bond donors (Lipinski definition) is 1. The molecule has 0 fully saturated rings. The first-order valence-electron chi connectivity index (χ1n) is 10.5. The summed E-state index contributed by atoms with van der Waals surface area (Å²) in [5, 5.41) is 22.2. The van der Waals surface area contributed by atoms with Crippen LogP contribution >= 0.6 is 12.4 Å². The van der Waals surface area contributed by atoms with E-state index < -0.39 is 21.1 Å². The fraction of sp³-hybridized carbons (Fsp3) is 0.455. The Bertz CT molecular complexity index is 985. The lowest BCUT2D eigenvalue weighted by molar-refractivity contribution is -0.384. The molecule has 0 radical (unpaired) electrons. The zero-order valence-electron chi connectivity index (χ0n) is 19.1. The van der Waals surface area contributed by atoms with Gasteiger partial charge < -0.3 is 14.7 Å². The molecule has 0 heterocycles. The molecular formula is C22H32ClN3O6S. The lowest BCUT2D eigenvalue weighted by atomic mass is 10.2. The van der Waals surface area contributed by atoms with Crippen molar-refractivity contribution in [1.82, 2.24) is 4.90 Å². The first-order valence-corrected chi connectivity index (χ1v) is 12.0. The summed E-state index contributed by atoms with van der Waals surface area (Å²) >= 11 is 0. The Hall–Kier alpha value is -2.40. The smallest absolute Gasteiger partial charge is 0.271 e. The molecule has 1 unspecified atom stereocenters. The molecule has 0 bridgehead atoms. The predicted molar refractivity (Wildman–Crippen MR) is 131 cm³/mol. The molecule has 33 heavy (non-hydrogen) atoms. The lowest BCUT2D eigenvalue weighted by Crippen LogP contribution is -2.43. The molecule has 0 amide bonds. The number of methoxy groups -OCH3 is 1. The van der Waals surface area contributed by atoms with Gasteiger partial charge in [0.1, 0.15) is 11.4 Å². The third kappa shape index (κ3) is 7.56. The summed E-state index contributed by atoms with van der Waals surface area (Å²) in [6, 6.07) is 11.5. The highest BCUT2D eigenvalue weighted by Gasteiger charge is 2.31. The summed E-state index contributed by atoms with van der Waals surface area (Å²) in [4.78, 5) is 12.8. The van der Waals surface area contributed by atoms with Gasteiger partial charge in [-0.25, -0.2) is 8.42 Å². The van der Waals surface area contributed by atoms with Gasteiger partial charge in [0.2, 0.25) is 0 Å². The highest BCUT2D eigenvalue weighted by molar-refractivity contribution is 7.92. The summed E-state index contributed by atoms with van der Waals surface area (Å²) in [5.41, 5.74) is -0.274. The van der Waals surface area contributed by atoms with E-state index in [9.17, 15) is 23.6 Å².